The Morgan fingerprint density at radius 1 is 1.00 bits per heavy atom. The average Bonchev–Trinajstić information content (AvgIpc) is 2.89. The summed E-state index contributed by atoms with van der Waals surface area (Å²) in [5.74, 6) is 0. The van der Waals surface area contributed by atoms with E-state index in [0.717, 1.165) is 25.1 Å². The second-order valence-corrected chi connectivity index (χ2v) is 5.87. The summed E-state index contributed by atoms with van der Waals surface area (Å²) in [5.41, 5.74) is 3.59. The molecule has 5 heteroatoms. The number of rotatable bonds is 5. The van der Waals surface area contributed by atoms with Gasteiger partial charge in [0.05, 0.1) is 0 Å². The molecule has 0 spiro atoms. The van der Waals surface area contributed by atoms with Crippen LogP contribution in [0.15, 0.2) is 48.7 Å². The van der Waals surface area contributed by atoms with Gasteiger partial charge in [0.2, 0.25) is 0 Å². The van der Waals surface area contributed by atoms with E-state index < -0.39 is 0 Å². The first kappa shape index (κ1) is 17.2. The van der Waals surface area contributed by atoms with Gasteiger partial charge in [-0.3, -0.25) is 0 Å². The van der Waals surface area contributed by atoms with Crippen LogP contribution in [-0.4, -0.2) is 11.5 Å². The minimum Gasteiger partial charge on any atom is -0.361 e. The lowest BCUT2D eigenvalue weighted by Gasteiger charge is -2.07. The Hall–Kier alpha value is -1.19. The van der Waals surface area contributed by atoms with Crippen LogP contribution in [-0.2, 0) is 13.0 Å². The van der Waals surface area contributed by atoms with Gasteiger partial charge in [0, 0.05) is 33.7 Å². The first-order chi connectivity index (χ1) is 10.2. The highest BCUT2D eigenvalue weighted by atomic mass is 35.5. The smallest absolute Gasteiger partial charge is 0.0465 e. The number of aromatic nitrogens is 1. The number of hydrogen-bond donors (Lipinski definition) is 2. The number of fused-ring (bicyclic) bond motifs is 1. The second-order valence-electron chi connectivity index (χ2n) is 5.02. The molecule has 0 unspecified atom stereocenters. The van der Waals surface area contributed by atoms with Gasteiger partial charge in [-0.2, -0.15) is 0 Å². The molecule has 0 radical (unpaired) electrons. The molecule has 0 bridgehead atoms. The summed E-state index contributed by atoms with van der Waals surface area (Å²) in [5, 5.41) is 6.10. The fraction of sp³-hybridized carbons (Fsp3) is 0.176. The molecule has 0 aliphatic carbocycles. The van der Waals surface area contributed by atoms with Crippen molar-refractivity contribution in [2.45, 2.75) is 13.0 Å². The van der Waals surface area contributed by atoms with E-state index in [0.29, 0.717) is 10.0 Å². The van der Waals surface area contributed by atoms with Crippen molar-refractivity contribution >= 4 is 46.5 Å². The first-order valence-electron chi connectivity index (χ1n) is 6.93. The lowest BCUT2D eigenvalue weighted by Crippen LogP contribution is -2.16. The summed E-state index contributed by atoms with van der Waals surface area (Å²) >= 11 is 12.0. The van der Waals surface area contributed by atoms with Crippen molar-refractivity contribution in [3.05, 3.63) is 69.8 Å². The molecule has 2 nitrogen and oxygen atoms in total. The molecular weight excluding hydrogens is 339 g/mol. The zero-order valence-corrected chi connectivity index (χ0v) is 14.2. The number of halogens is 3. The molecule has 0 saturated heterocycles. The Kier molecular flexibility index (Phi) is 6.16. The van der Waals surface area contributed by atoms with E-state index in [1.807, 2.05) is 18.2 Å². The van der Waals surface area contributed by atoms with Crippen LogP contribution in [0.1, 0.15) is 11.1 Å². The third-order valence-electron chi connectivity index (χ3n) is 3.58. The van der Waals surface area contributed by atoms with Gasteiger partial charge in [-0.15, -0.1) is 12.4 Å². The van der Waals surface area contributed by atoms with Gasteiger partial charge in [-0.05, 0) is 42.3 Å². The van der Waals surface area contributed by atoms with Crippen molar-refractivity contribution in [3.8, 4) is 0 Å². The molecule has 0 saturated carbocycles. The topological polar surface area (TPSA) is 27.8 Å². The summed E-state index contributed by atoms with van der Waals surface area (Å²) in [6.45, 7) is 1.65. The average molecular weight is 356 g/mol. The molecular formula is C17H17Cl3N2. The molecule has 0 fully saturated rings. The van der Waals surface area contributed by atoms with E-state index in [-0.39, 0.29) is 12.4 Å². The molecule has 2 N–H and O–H groups in total. The van der Waals surface area contributed by atoms with E-state index in [1.54, 1.807) is 6.07 Å². The zero-order valence-electron chi connectivity index (χ0n) is 11.9. The number of H-pyrrole nitrogens is 1. The molecule has 0 atom stereocenters. The molecule has 2 aromatic carbocycles. The van der Waals surface area contributed by atoms with Crippen molar-refractivity contribution in [2.75, 3.05) is 6.54 Å². The number of benzene rings is 2. The Labute approximate surface area is 146 Å². The van der Waals surface area contributed by atoms with Crippen LogP contribution in [0.5, 0.6) is 0 Å². The lowest BCUT2D eigenvalue weighted by atomic mass is 10.1. The van der Waals surface area contributed by atoms with Crippen LogP contribution >= 0.6 is 35.6 Å². The highest BCUT2D eigenvalue weighted by Gasteiger charge is 2.03. The molecule has 0 aliphatic heterocycles. The molecule has 0 aliphatic rings. The number of aromatic amines is 1. The van der Waals surface area contributed by atoms with Crippen molar-refractivity contribution in [2.24, 2.45) is 0 Å². The normalized spacial score (nSPS) is 10.6. The van der Waals surface area contributed by atoms with Crippen molar-refractivity contribution in [3.63, 3.8) is 0 Å². The number of para-hydroxylation sites is 1. The monoisotopic (exact) mass is 354 g/mol. The van der Waals surface area contributed by atoms with Gasteiger partial charge in [0.15, 0.2) is 0 Å². The molecule has 116 valence electrons. The fourth-order valence-corrected chi connectivity index (χ4v) is 2.92. The van der Waals surface area contributed by atoms with Crippen LogP contribution in [0.2, 0.25) is 10.0 Å². The number of nitrogens with one attached hydrogen (secondary N) is 2. The Bertz CT molecular complexity index is 752. The van der Waals surface area contributed by atoms with Gasteiger partial charge in [-0.1, -0.05) is 47.5 Å². The minimum absolute atomic E-state index is 0. The van der Waals surface area contributed by atoms with Crippen LogP contribution in [0, 0.1) is 0 Å². The molecule has 1 heterocycles. The largest absolute Gasteiger partial charge is 0.361 e. The highest BCUT2D eigenvalue weighted by Crippen LogP contribution is 2.21. The van der Waals surface area contributed by atoms with Crippen LogP contribution in [0.3, 0.4) is 0 Å². The second kappa shape index (κ2) is 7.89. The van der Waals surface area contributed by atoms with Gasteiger partial charge in [0.25, 0.3) is 0 Å². The minimum atomic E-state index is 0. The predicted octanol–water partition coefficient (Wildman–Crippen LogP) is 5.23. The standard InChI is InChI=1S/C17H16Cl2N2.ClH/c18-14-6-5-13(16(19)9-14)10-20-8-7-12-11-21-17-4-2-1-3-15(12)17;/h1-6,9,11,20-21H,7-8,10H2;1H. The van der Waals surface area contributed by atoms with E-state index >= 15 is 0 Å². The maximum Gasteiger partial charge on any atom is 0.0465 e. The number of hydrogen-bond acceptors (Lipinski definition) is 1. The summed E-state index contributed by atoms with van der Waals surface area (Å²) < 4.78 is 0. The highest BCUT2D eigenvalue weighted by molar-refractivity contribution is 6.35. The maximum atomic E-state index is 6.16. The maximum absolute atomic E-state index is 6.16. The van der Waals surface area contributed by atoms with Gasteiger partial charge >= 0.3 is 0 Å². The quantitative estimate of drug-likeness (QED) is 0.603. The SMILES string of the molecule is Cl.Clc1ccc(CNCCc2c[nH]c3ccccc23)c(Cl)c1. The van der Waals surface area contributed by atoms with Crippen molar-refractivity contribution in [1.82, 2.24) is 10.3 Å². The lowest BCUT2D eigenvalue weighted by molar-refractivity contribution is 0.688. The van der Waals surface area contributed by atoms with Gasteiger partial charge in [0.1, 0.15) is 0 Å². The van der Waals surface area contributed by atoms with Crippen LogP contribution in [0.25, 0.3) is 10.9 Å². The van der Waals surface area contributed by atoms with E-state index in [2.05, 4.69) is 34.7 Å². The predicted molar refractivity (Wildman–Crippen MR) is 97.4 cm³/mol. The van der Waals surface area contributed by atoms with Crippen molar-refractivity contribution in [1.29, 1.82) is 0 Å². The van der Waals surface area contributed by atoms with E-state index in [9.17, 15) is 0 Å². The van der Waals surface area contributed by atoms with Crippen molar-refractivity contribution < 1.29 is 0 Å². The van der Waals surface area contributed by atoms with Gasteiger partial charge < -0.3 is 10.3 Å². The Morgan fingerprint density at radius 3 is 2.64 bits per heavy atom. The molecule has 22 heavy (non-hydrogen) atoms. The first-order valence-corrected chi connectivity index (χ1v) is 7.69. The summed E-state index contributed by atoms with van der Waals surface area (Å²) in [7, 11) is 0. The van der Waals surface area contributed by atoms with Crippen LogP contribution in [0.4, 0.5) is 0 Å². The van der Waals surface area contributed by atoms with Gasteiger partial charge in [-0.25, -0.2) is 0 Å². The molecule has 3 aromatic rings. The van der Waals surface area contributed by atoms with Crippen LogP contribution < -0.4 is 5.32 Å². The fourth-order valence-electron chi connectivity index (χ4n) is 2.45. The molecule has 1 aromatic heterocycles. The molecule has 0 amide bonds. The summed E-state index contributed by atoms with van der Waals surface area (Å²) in [4.78, 5) is 3.30. The van der Waals surface area contributed by atoms with E-state index in [1.165, 1.54) is 16.5 Å². The third-order valence-corrected chi connectivity index (χ3v) is 4.16. The summed E-state index contributed by atoms with van der Waals surface area (Å²) in [6, 6.07) is 14.0. The summed E-state index contributed by atoms with van der Waals surface area (Å²) in [6.07, 6.45) is 3.07. The Morgan fingerprint density at radius 2 is 1.82 bits per heavy atom. The Balaban J connectivity index is 0.00000176. The zero-order chi connectivity index (χ0) is 14.7. The van der Waals surface area contributed by atoms with E-state index in [4.69, 9.17) is 23.2 Å². The third kappa shape index (κ3) is 3.96. The molecule has 3 rings (SSSR count).